The van der Waals surface area contributed by atoms with Crippen LogP contribution in [0, 0.1) is 0 Å². The lowest BCUT2D eigenvalue weighted by atomic mass is 9.83. The van der Waals surface area contributed by atoms with Gasteiger partial charge in [0.1, 0.15) is 5.60 Å². The van der Waals surface area contributed by atoms with E-state index in [1.807, 2.05) is 20.8 Å². The number of rotatable bonds is 3. The minimum atomic E-state index is -0.581. The standard InChI is InChI=1S/C13H26N2O4/c1-12(2,3)19-11(17)15-7-5-13(14,6-8-16)10(9-15)18-4/h10,16H,5-9,14H2,1-4H3. The van der Waals surface area contributed by atoms with Gasteiger partial charge < -0.3 is 25.2 Å². The van der Waals surface area contributed by atoms with E-state index in [2.05, 4.69) is 0 Å². The number of aliphatic hydroxyl groups excluding tert-OH is 1. The number of carbonyl (C=O) groups is 1. The van der Waals surface area contributed by atoms with E-state index < -0.39 is 11.1 Å². The van der Waals surface area contributed by atoms with E-state index in [9.17, 15) is 4.79 Å². The lowest BCUT2D eigenvalue weighted by Gasteiger charge is -2.44. The van der Waals surface area contributed by atoms with Gasteiger partial charge in [0.15, 0.2) is 0 Å². The number of hydrogen-bond acceptors (Lipinski definition) is 5. The summed E-state index contributed by atoms with van der Waals surface area (Å²) in [6, 6.07) is 0. The number of aliphatic hydroxyl groups is 1. The molecule has 2 unspecified atom stereocenters. The number of nitrogens with zero attached hydrogens (tertiary/aromatic N) is 1. The smallest absolute Gasteiger partial charge is 0.410 e. The summed E-state index contributed by atoms with van der Waals surface area (Å²) in [4.78, 5) is 13.6. The van der Waals surface area contributed by atoms with Crippen LogP contribution >= 0.6 is 0 Å². The monoisotopic (exact) mass is 274 g/mol. The number of piperidine rings is 1. The van der Waals surface area contributed by atoms with Crippen molar-refractivity contribution in [2.75, 3.05) is 26.8 Å². The van der Waals surface area contributed by atoms with Crippen molar-refractivity contribution in [3.63, 3.8) is 0 Å². The molecule has 3 N–H and O–H groups in total. The molecule has 112 valence electrons. The third kappa shape index (κ3) is 4.33. The molecule has 0 saturated carbocycles. The predicted molar refractivity (Wildman–Crippen MR) is 71.8 cm³/mol. The molecule has 2 atom stereocenters. The Bertz CT molecular complexity index is 316. The van der Waals surface area contributed by atoms with E-state index in [1.165, 1.54) is 0 Å². The molecule has 6 nitrogen and oxygen atoms in total. The van der Waals surface area contributed by atoms with E-state index in [0.29, 0.717) is 25.9 Å². The first-order chi connectivity index (χ1) is 8.72. The Morgan fingerprint density at radius 3 is 2.63 bits per heavy atom. The molecular formula is C13H26N2O4. The fraction of sp³-hybridized carbons (Fsp3) is 0.923. The van der Waals surface area contributed by atoms with Crippen molar-refractivity contribution in [1.29, 1.82) is 0 Å². The fourth-order valence-corrected chi connectivity index (χ4v) is 2.27. The van der Waals surface area contributed by atoms with Gasteiger partial charge in [-0.2, -0.15) is 0 Å². The van der Waals surface area contributed by atoms with Crippen LogP contribution in [-0.4, -0.2) is 60.1 Å². The minimum Gasteiger partial charge on any atom is -0.444 e. The van der Waals surface area contributed by atoms with Crippen molar-refractivity contribution in [2.45, 2.75) is 50.9 Å². The van der Waals surface area contributed by atoms with Crippen LogP contribution in [0.1, 0.15) is 33.6 Å². The highest BCUT2D eigenvalue weighted by atomic mass is 16.6. The van der Waals surface area contributed by atoms with Crippen molar-refractivity contribution in [3.05, 3.63) is 0 Å². The Hall–Kier alpha value is -0.850. The summed E-state index contributed by atoms with van der Waals surface area (Å²) in [7, 11) is 1.57. The predicted octanol–water partition coefficient (Wildman–Crippen LogP) is 0.722. The molecule has 1 rings (SSSR count). The van der Waals surface area contributed by atoms with Crippen molar-refractivity contribution >= 4 is 6.09 Å². The van der Waals surface area contributed by atoms with Gasteiger partial charge in [0.25, 0.3) is 0 Å². The Kier molecular flexibility index (Phi) is 5.18. The number of amides is 1. The van der Waals surface area contributed by atoms with Crippen LogP contribution in [0.4, 0.5) is 4.79 Å². The molecule has 19 heavy (non-hydrogen) atoms. The van der Waals surface area contributed by atoms with Gasteiger partial charge in [0.2, 0.25) is 0 Å². The lowest BCUT2D eigenvalue weighted by Crippen LogP contribution is -2.62. The van der Waals surface area contributed by atoms with Crippen molar-refractivity contribution in [1.82, 2.24) is 4.90 Å². The maximum atomic E-state index is 12.0. The van der Waals surface area contributed by atoms with Crippen LogP contribution in [0.15, 0.2) is 0 Å². The zero-order chi connectivity index (χ0) is 14.7. The average molecular weight is 274 g/mol. The summed E-state index contributed by atoms with van der Waals surface area (Å²) in [6.45, 7) is 6.43. The topological polar surface area (TPSA) is 85.0 Å². The van der Waals surface area contributed by atoms with E-state index in [-0.39, 0.29) is 18.8 Å². The molecule has 0 aliphatic carbocycles. The number of carbonyl (C=O) groups excluding carboxylic acids is 1. The highest BCUT2D eigenvalue weighted by Crippen LogP contribution is 2.26. The first-order valence-electron chi connectivity index (χ1n) is 6.62. The first-order valence-corrected chi connectivity index (χ1v) is 6.62. The van der Waals surface area contributed by atoms with Crippen molar-refractivity contribution in [2.24, 2.45) is 5.73 Å². The van der Waals surface area contributed by atoms with E-state index in [0.717, 1.165) is 0 Å². The van der Waals surface area contributed by atoms with Crippen LogP contribution in [0.25, 0.3) is 0 Å². The van der Waals surface area contributed by atoms with Gasteiger partial charge in [-0.15, -0.1) is 0 Å². The molecular weight excluding hydrogens is 248 g/mol. The molecule has 1 aliphatic rings. The third-order valence-electron chi connectivity index (χ3n) is 3.39. The van der Waals surface area contributed by atoms with Crippen molar-refractivity contribution in [3.8, 4) is 0 Å². The highest BCUT2D eigenvalue weighted by molar-refractivity contribution is 5.68. The van der Waals surface area contributed by atoms with Gasteiger partial charge in [-0.05, 0) is 33.6 Å². The van der Waals surface area contributed by atoms with Crippen LogP contribution in [0.3, 0.4) is 0 Å². The normalized spacial score (nSPS) is 28.3. The molecule has 0 aromatic heterocycles. The van der Waals surface area contributed by atoms with E-state index in [4.69, 9.17) is 20.3 Å². The zero-order valence-electron chi connectivity index (χ0n) is 12.3. The summed E-state index contributed by atoms with van der Waals surface area (Å²) < 4.78 is 10.7. The minimum absolute atomic E-state index is 0.0167. The van der Waals surface area contributed by atoms with Gasteiger partial charge in [0.05, 0.1) is 12.6 Å². The second-order valence-electron chi connectivity index (χ2n) is 6.11. The van der Waals surface area contributed by atoms with E-state index in [1.54, 1.807) is 12.0 Å². The number of methoxy groups -OCH3 is 1. The van der Waals surface area contributed by atoms with Crippen LogP contribution in [0.2, 0.25) is 0 Å². The Labute approximate surface area is 114 Å². The molecule has 1 amide bonds. The van der Waals surface area contributed by atoms with Gasteiger partial charge in [-0.3, -0.25) is 0 Å². The number of nitrogens with two attached hydrogens (primary N) is 1. The van der Waals surface area contributed by atoms with Gasteiger partial charge in [0, 0.05) is 25.8 Å². The number of ether oxygens (including phenoxy) is 2. The molecule has 0 bridgehead atoms. The van der Waals surface area contributed by atoms with E-state index >= 15 is 0 Å². The van der Waals surface area contributed by atoms with Crippen LogP contribution in [-0.2, 0) is 9.47 Å². The fourth-order valence-electron chi connectivity index (χ4n) is 2.27. The second-order valence-corrected chi connectivity index (χ2v) is 6.11. The summed E-state index contributed by atoms with van der Waals surface area (Å²) in [5.41, 5.74) is 5.16. The van der Waals surface area contributed by atoms with Gasteiger partial charge in [-0.1, -0.05) is 0 Å². The summed E-state index contributed by atoms with van der Waals surface area (Å²) in [5.74, 6) is 0. The Morgan fingerprint density at radius 2 is 2.16 bits per heavy atom. The highest BCUT2D eigenvalue weighted by Gasteiger charge is 2.42. The summed E-state index contributed by atoms with van der Waals surface area (Å²) >= 11 is 0. The van der Waals surface area contributed by atoms with Gasteiger partial charge >= 0.3 is 6.09 Å². The SMILES string of the molecule is COC1CN(C(=O)OC(C)(C)C)CCC1(N)CCO. The third-order valence-corrected chi connectivity index (χ3v) is 3.39. The maximum absolute atomic E-state index is 12.0. The Balaban J connectivity index is 2.66. The molecule has 6 heteroatoms. The van der Waals surface area contributed by atoms with Crippen molar-refractivity contribution < 1.29 is 19.4 Å². The summed E-state index contributed by atoms with van der Waals surface area (Å²) in [6.07, 6.45) is 0.417. The molecule has 1 heterocycles. The molecule has 0 radical (unpaired) electrons. The van der Waals surface area contributed by atoms with Crippen LogP contribution in [0.5, 0.6) is 0 Å². The maximum Gasteiger partial charge on any atom is 0.410 e. The lowest BCUT2D eigenvalue weighted by molar-refractivity contribution is -0.0441. The zero-order valence-corrected chi connectivity index (χ0v) is 12.3. The Morgan fingerprint density at radius 1 is 1.53 bits per heavy atom. The van der Waals surface area contributed by atoms with Crippen LogP contribution < -0.4 is 5.73 Å². The molecule has 0 aromatic rings. The molecule has 1 fully saturated rings. The average Bonchev–Trinajstić information content (AvgIpc) is 2.27. The largest absolute Gasteiger partial charge is 0.444 e. The molecule has 1 saturated heterocycles. The second kappa shape index (κ2) is 6.07. The molecule has 0 spiro atoms. The number of hydrogen-bond donors (Lipinski definition) is 2. The summed E-state index contributed by atoms with van der Waals surface area (Å²) in [5, 5.41) is 9.08. The quantitative estimate of drug-likeness (QED) is 0.792. The molecule has 0 aromatic carbocycles. The first kappa shape index (κ1) is 16.2. The molecule has 1 aliphatic heterocycles. The number of likely N-dealkylation sites (tertiary alicyclic amines) is 1. The van der Waals surface area contributed by atoms with Gasteiger partial charge in [-0.25, -0.2) is 4.79 Å².